The molecule has 0 aliphatic carbocycles. The summed E-state index contributed by atoms with van der Waals surface area (Å²) in [5, 5.41) is 5.47. The summed E-state index contributed by atoms with van der Waals surface area (Å²) in [5.41, 5.74) is 3.39. The highest BCUT2D eigenvalue weighted by atomic mass is 79.9. The summed E-state index contributed by atoms with van der Waals surface area (Å²) in [6.45, 7) is 4.07. The van der Waals surface area contributed by atoms with E-state index in [9.17, 15) is 0 Å². The fraction of sp³-hybridized carbons (Fsp3) is 0.308. The van der Waals surface area contributed by atoms with Gasteiger partial charge in [0, 0.05) is 20.7 Å². The zero-order chi connectivity index (χ0) is 12.4. The van der Waals surface area contributed by atoms with Crippen LogP contribution in [0.15, 0.2) is 28.1 Å². The summed E-state index contributed by atoms with van der Waals surface area (Å²) >= 11 is 5.36. The Kier molecular flexibility index (Phi) is 3.97. The van der Waals surface area contributed by atoms with Crippen LogP contribution in [0.5, 0.6) is 0 Å². The van der Waals surface area contributed by atoms with Gasteiger partial charge in [-0.2, -0.15) is 0 Å². The van der Waals surface area contributed by atoms with E-state index in [0.717, 1.165) is 15.9 Å². The highest BCUT2D eigenvalue weighted by Gasteiger charge is 2.16. The van der Waals surface area contributed by atoms with Gasteiger partial charge < -0.3 is 5.32 Å². The van der Waals surface area contributed by atoms with E-state index in [1.165, 1.54) is 10.4 Å². The van der Waals surface area contributed by atoms with Gasteiger partial charge in [0.2, 0.25) is 0 Å². The van der Waals surface area contributed by atoms with Crippen molar-refractivity contribution in [3.63, 3.8) is 0 Å². The number of aromatic nitrogens is 1. The second-order valence-electron chi connectivity index (χ2n) is 4.04. The topological polar surface area (TPSA) is 24.9 Å². The average molecular weight is 311 g/mol. The van der Waals surface area contributed by atoms with Crippen LogP contribution in [0.25, 0.3) is 0 Å². The molecule has 0 saturated heterocycles. The van der Waals surface area contributed by atoms with Gasteiger partial charge >= 0.3 is 0 Å². The van der Waals surface area contributed by atoms with E-state index in [4.69, 9.17) is 0 Å². The van der Waals surface area contributed by atoms with E-state index in [0.29, 0.717) is 0 Å². The number of halogens is 1. The van der Waals surface area contributed by atoms with Crippen molar-refractivity contribution in [2.24, 2.45) is 0 Å². The van der Waals surface area contributed by atoms with Crippen LogP contribution in [0.4, 0.5) is 0 Å². The first kappa shape index (κ1) is 12.7. The van der Waals surface area contributed by atoms with Crippen molar-refractivity contribution in [2.75, 3.05) is 7.05 Å². The van der Waals surface area contributed by atoms with Crippen molar-refractivity contribution in [1.29, 1.82) is 0 Å². The Morgan fingerprint density at radius 1 is 1.29 bits per heavy atom. The van der Waals surface area contributed by atoms with Crippen LogP contribution in [-0.2, 0) is 0 Å². The number of aryl methyl sites for hydroxylation is 2. The molecule has 0 amide bonds. The molecule has 2 rings (SSSR count). The molecule has 17 heavy (non-hydrogen) atoms. The number of thiophene rings is 1. The first-order valence-electron chi connectivity index (χ1n) is 5.47. The van der Waals surface area contributed by atoms with Crippen LogP contribution in [0, 0.1) is 13.8 Å². The molecule has 0 spiro atoms. The van der Waals surface area contributed by atoms with Crippen LogP contribution in [-0.4, -0.2) is 12.0 Å². The van der Waals surface area contributed by atoms with Crippen LogP contribution in [0.2, 0.25) is 0 Å². The molecule has 1 N–H and O–H groups in total. The lowest BCUT2D eigenvalue weighted by Gasteiger charge is -2.17. The Hall–Kier alpha value is -0.710. The van der Waals surface area contributed by atoms with Crippen molar-refractivity contribution < 1.29 is 0 Å². The fourth-order valence-electron chi connectivity index (χ4n) is 1.99. The van der Waals surface area contributed by atoms with Crippen molar-refractivity contribution in [1.82, 2.24) is 10.3 Å². The number of nitrogens with one attached hydrogen (secondary N) is 1. The van der Waals surface area contributed by atoms with Gasteiger partial charge in [-0.3, -0.25) is 4.98 Å². The van der Waals surface area contributed by atoms with Gasteiger partial charge in [0.25, 0.3) is 0 Å². The van der Waals surface area contributed by atoms with Gasteiger partial charge in [-0.25, -0.2) is 0 Å². The smallest absolute Gasteiger partial charge is 0.0681 e. The van der Waals surface area contributed by atoms with Gasteiger partial charge in [0.15, 0.2) is 0 Å². The van der Waals surface area contributed by atoms with Crippen molar-refractivity contribution >= 4 is 27.3 Å². The highest BCUT2D eigenvalue weighted by Crippen LogP contribution is 2.33. The van der Waals surface area contributed by atoms with E-state index < -0.39 is 0 Å². The van der Waals surface area contributed by atoms with Crippen LogP contribution in [0.1, 0.15) is 27.9 Å². The van der Waals surface area contributed by atoms with Crippen molar-refractivity contribution in [3.8, 4) is 0 Å². The molecule has 2 nitrogen and oxygen atoms in total. The van der Waals surface area contributed by atoms with Gasteiger partial charge in [0.1, 0.15) is 0 Å². The Morgan fingerprint density at radius 2 is 1.94 bits per heavy atom. The third kappa shape index (κ3) is 2.76. The molecule has 1 unspecified atom stereocenters. The van der Waals surface area contributed by atoms with Gasteiger partial charge in [-0.15, -0.1) is 11.3 Å². The summed E-state index contributed by atoms with van der Waals surface area (Å²) in [6.07, 6.45) is 0. The molecule has 2 aromatic rings. The maximum absolute atomic E-state index is 4.42. The van der Waals surface area contributed by atoms with E-state index in [1.54, 1.807) is 11.3 Å². The maximum Gasteiger partial charge on any atom is 0.0681 e. The summed E-state index contributed by atoms with van der Waals surface area (Å²) in [6, 6.07) is 6.59. The molecule has 2 aromatic heterocycles. The fourth-order valence-corrected chi connectivity index (χ4v) is 3.73. The van der Waals surface area contributed by atoms with Crippen LogP contribution < -0.4 is 5.32 Å². The molecule has 0 bridgehead atoms. The molecule has 1 atom stereocenters. The van der Waals surface area contributed by atoms with Gasteiger partial charge in [0.05, 0.1) is 6.04 Å². The lowest BCUT2D eigenvalue weighted by Crippen LogP contribution is -2.17. The molecular formula is C13H15BrN2S. The summed E-state index contributed by atoms with van der Waals surface area (Å²) in [4.78, 5) is 5.72. The normalized spacial score (nSPS) is 12.7. The molecule has 4 heteroatoms. The third-order valence-electron chi connectivity index (χ3n) is 2.63. The molecule has 0 aliphatic rings. The van der Waals surface area contributed by atoms with Crippen LogP contribution >= 0.6 is 27.3 Å². The molecule has 0 radical (unpaired) electrons. The Labute approximate surface area is 114 Å². The number of pyridine rings is 1. The largest absolute Gasteiger partial charge is 0.309 e. The number of hydrogen-bond donors (Lipinski definition) is 1. The van der Waals surface area contributed by atoms with Crippen molar-refractivity contribution in [2.45, 2.75) is 19.9 Å². The SMILES string of the molecule is CNC(c1cc(C)nc(C)c1)c1sccc1Br. The predicted octanol–water partition coefficient (Wildman–Crippen LogP) is 3.83. The van der Waals surface area contributed by atoms with E-state index in [2.05, 4.69) is 49.8 Å². The van der Waals surface area contributed by atoms with Crippen LogP contribution in [0.3, 0.4) is 0 Å². The second-order valence-corrected chi connectivity index (χ2v) is 5.84. The Morgan fingerprint density at radius 3 is 2.41 bits per heavy atom. The summed E-state index contributed by atoms with van der Waals surface area (Å²) in [7, 11) is 1.99. The molecular weight excluding hydrogens is 296 g/mol. The van der Waals surface area contributed by atoms with E-state index >= 15 is 0 Å². The zero-order valence-electron chi connectivity index (χ0n) is 10.1. The molecule has 0 aromatic carbocycles. The first-order chi connectivity index (χ1) is 8.11. The Balaban J connectivity index is 2.45. The quantitative estimate of drug-likeness (QED) is 0.932. The number of nitrogens with zero attached hydrogens (tertiary/aromatic N) is 1. The zero-order valence-corrected chi connectivity index (χ0v) is 12.5. The predicted molar refractivity (Wildman–Crippen MR) is 76.6 cm³/mol. The lowest BCUT2D eigenvalue weighted by molar-refractivity contribution is 0.698. The minimum Gasteiger partial charge on any atom is -0.309 e. The highest BCUT2D eigenvalue weighted by molar-refractivity contribution is 9.10. The van der Waals surface area contributed by atoms with Crippen molar-refractivity contribution in [3.05, 3.63) is 49.9 Å². The number of rotatable bonds is 3. The second kappa shape index (κ2) is 5.29. The summed E-state index contributed by atoms with van der Waals surface area (Å²) in [5.74, 6) is 0. The van der Waals surface area contributed by atoms with E-state index in [1.807, 2.05) is 20.9 Å². The Bertz CT molecular complexity index is 502. The standard InChI is InChI=1S/C13H15BrN2S/c1-8-6-10(7-9(2)16-8)12(15-3)13-11(14)4-5-17-13/h4-7,12,15H,1-3H3. The maximum atomic E-state index is 4.42. The van der Waals surface area contributed by atoms with Gasteiger partial charge in [-0.05, 0) is 66.0 Å². The monoisotopic (exact) mass is 310 g/mol. The molecule has 0 fully saturated rings. The minimum atomic E-state index is 0.227. The molecule has 0 saturated carbocycles. The average Bonchev–Trinajstić information content (AvgIpc) is 2.65. The third-order valence-corrected chi connectivity index (χ3v) is 4.57. The number of hydrogen-bond acceptors (Lipinski definition) is 3. The summed E-state index contributed by atoms with van der Waals surface area (Å²) < 4.78 is 1.16. The van der Waals surface area contributed by atoms with Gasteiger partial charge in [-0.1, -0.05) is 0 Å². The van der Waals surface area contributed by atoms with E-state index in [-0.39, 0.29) is 6.04 Å². The first-order valence-corrected chi connectivity index (χ1v) is 7.14. The lowest BCUT2D eigenvalue weighted by atomic mass is 10.0. The minimum absolute atomic E-state index is 0.227. The molecule has 0 aliphatic heterocycles. The molecule has 2 heterocycles. The molecule has 90 valence electrons.